The van der Waals surface area contributed by atoms with E-state index in [-0.39, 0.29) is 28.6 Å². The SMILES string of the molecule is CCOc1ccc(NC(=O)/C(C#N)=C\c2cc(Cl)c(OCc3ccc([N+](=O)[O-])cc3)c(OC)c2)cc1. The minimum Gasteiger partial charge on any atom is -0.494 e. The number of rotatable bonds is 10. The Labute approximate surface area is 212 Å². The molecule has 0 bridgehead atoms. The van der Waals surface area contributed by atoms with Gasteiger partial charge in [0, 0.05) is 17.8 Å². The third kappa shape index (κ3) is 6.74. The van der Waals surface area contributed by atoms with Crippen LogP contribution in [-0.4, -0.2) is 24.5 Å². The maximum atomic E-state index is 12.6. The van der Waals surface area contributed by atoms with E-state index in [1.54, 1.807) is 42.5 Å². The first-order valence-electron chi connectivity index (χ1n) is 10.7. The van der Waals surface area contributed by atoms with Gasteiger partial charge in [-0.05, 0) is 72.7 Å². The van der Waals surface area contributed by atoms with E-state index in [4.69, 9.17) is 25.8 Å². The molecule has 36 heavy (non-hydrogen) atoms. The first-order chi connectivity index (χ1) is 17.3. The average molecular weight is 508 g/mol. The fourth-order valence-electron chi connectivity index (χ4n) is 3.15. The molecule has 1 amide bonds. The van der Waals surface area contributed by atoms with E-state index in [0.717, 1.165) is 0 Å². The summed E-state index contributed by atoms with van der Waals surface area (Å²) in [5, 5.41) is 23.2. The molecule has 0 fully saturated rings. The fraction of sp³-hybridized carbons (Fsp3) is 0.154. The molecule has 3 aromatic carbocycles. The Morgan fingerprint density at radius 1 is 1.14 bits per heavy atom. The quantitative estimate of drug-likeness (QED) is 0.159. The predicted octanol–water partition coefficient (Wildman–Crippen LogP) is 5.78. The van der Waals surface area contributed by atoms with Crippen molar-refractivity contribution < 1.29 is 23.9 Å². The number of nitrogens with one attached hydrogen (secondary N) is 1. The van der Waals surface area contributed by atoms with Gasteiger partial charge in [-0.25, -0.2) is 0 Å². The number of nitro benzene ring substituents is 1. The van der Waals surface area contributed by atoms with Crippen LogP contribution in [0.5, 0.6) is 17.2 Å². The zero-order valence-electron chi connectivity index (χ0n) is 19.5. The number of halogens is 1. The lowest BCUT2D eigenvalue weighted by Crippen LogP contribution is -2.13. The summed E-state index contributed by atoms with van der Waals surface area (Å²) in [6, 6.07) is 17.7. The van der Waals surface area contributed by atoms with Crippen LogP contribution in [0.4, 0.5) is 11.4 Å². The number of hydrogen-bond acceptors (Lipinski definition) is 7. The van der Waals surface area contributed by atoms with Crippen LogP contribution in [-0.2, 0) is 11.4 Å². The van der Waals surface area contributed by atoms with Crippen molar-refractivity contribution in [3.63, 3.8) is 0 Å². The van der Waals surface area contributed by atoms with E-state index in [0.29, 0.717) is 34.9 Å². The van der Waals surface area contributed by atoms with Gasteiger partial charge in [-0.15, -0.1) is 0 Å². The van der Waals surface area contributed by atoms with Crippen LogP contribution in [0.15, 0.2) is 66.2 Å². The number of nitro groups is 1. The number of hydrogen-bond donors (Lipinski definition) is 1. The molecule has 0 unspecified atom stereocenters. The molecule has 10 heteroatoms. The number of amides is 1. The Morgan fingerprint density at radius 2 is 1.83 bits per heavy atom. The lowest BCUT2D eigenvalue weighted by atomic mass is 10.1. The van der Waals surface area contributed by atoms with Crippen molar-refractivity contribution in [2.24, 2.45) is 0 Å². The minimum absolute atomic E-state index is 0.0228. The first-order valence-corrected chi connectivity index (χ1v) is 11.1. The number of methoxy groups -OCH3 is 1. The summed E-state index contributed by atoms with van der Waals surface area (Å²) < 4.78 is 16.5. The topological polar surface area (TPSA) is 124 Å². The summed E-state index contributed by atoms with van der Waals surface area (Å²) in [4.78, 5) is 22.9. The molecule has 9 nitrogen and oxygen atoms in total. The lowest BCUT2D eigenvalue weighted by Gasteiger charge is -2.13. The molecule has 0 radical (unpaired) electrons. The molecule has 3 aromatic rings. The zero-order valence-corrected chi connectivity index (χ0v) is 20.2. The monoisotopic (exact) mass is 507 g/mol. The number of nitriles is 1. The largest absolute Gasteiger partial charge is 0.494 e. The minimum atomic E-state index is -0.588. The first kappa shape index (κ1) is 26.1. The molecule has 0 heterocycles. The van der Waals surface area contributed by atoms with Gasteiger partial charge in [0.1, 0.15) is 24.0 Å². The molecule has 0 aromatic heterocycles. The lowest BCUT2D eigenvalue weighted by molar-refractivity contribution is -0.384. The highest BCUT2D eigenvalue weighted by molar-refractivity contribution is 6.32. The third-order valence-electron chi connectivity index (χ3n) is 4.88. The third-order valence-corrected chi connectivity index (χ3v) is 5.16. The van der Waals surface area contributed by atoms with Crippen LogP contribution in [0, 0.1) is 21.4 Å². The predicted molar refractivity (Wildman–Crippen MR) is 135 cm³/mol. The smallest absolute Gasteiger partial charge is 0.269 e. The van der Waals surface area contributed by atoms with Crippen molar-refractivity contribution in [2.75, 3.05) is 19.0 Å². The summed E-state index contributed by atoms with van der Waals surface area (Å²) in [5.41, 5.74) is 1.50. The van der Waals surface area contributed by atoms with Gasteiger partial charge in [0.25, 0.3) is 11.6 Å². The van der Waals surface area contributed by atoms with Crippen LogP contribution < -0.4 is 19.5 Å². The highest BCUT2D eigenvalue weighted by Gasteiger charge is 2.15. The highest BCUT2D eigenvalue weighted by Crippen LogP contribution is 2.37. The number of benzene rings is 3. The van der Waals surface area contributed by atoms with Gasteiger partial charge in [0.05, 0.1) is 23.7 Å². The Hall–Kier alpha value is -4.55. The maximum Gasteiger partial charge on any atom is 0.269 e. The number of carbonyl (C=O) groups is 1. The van der Waals surface area contributed by atoms with Crippen LogP contribution in [0.25, 0.3) is 6.08 Å². The van der Waals surface area contributed by atoms with E-state index in [2.05, 4.69) is 5.32 Å². The summed E-state index contributed by atoms with van der Waals surface area (Å²) in [6.45, 7) is 2.50. The second-order valence-corrected chi connectivity index (χ2v) is 7.73. The summed E-state index contributed by atoms with van der Waals surface area (Å²) in [5.74, 6) is 0.631. The number of ether oxygens (including phenoxy) is 3. The average Bonchev–Trinajstić information content (AvgIpc) is 2.87. The molecule has 0 aliphatic rings. The van der Waals surface area contributed by atoms with Crippen LogP contribution in [0.1, 0.15) is 18.1 Å². The Morgan fingerprint density at radius 3 is 2.42 bits per heavy atom. The van der Waals surface area contributed by atoms with Crippen LogP contribution >= 0.6 is 11.6 Å². The molecule has 0 aliphatic carbocycles. The van der Waals surface area contributed by atoms with E-state index in [1.807, 2.05) is 13.0 Å². The number of anilines is 1. The number of carbonyl (C=O) groups excluding carboxylic acids is 1. The van der Waals surface area contributed by atoms with Gasteiger partial charge in [0.15, 0.2) is 11.5 Å². The molecule has 0 aliphatic heterocycles. The molecule has 0 saturated heterocycles. The Bertz CT molecular complexity index is 1320. The van der Waals surface area contributed by atoms with Crippen LogP contribution in [0.2, 0.25) is 5.02 Å². The van der Waals surface area contributed by atoms with Crippen molar-refractivity contribution in [3.8, 4) is 23.3 Å². The Balaban J connectivity index is 1.75. The van der Waals surface area contributed by atoms with Gasteiger partial charge in [-0.2, -0.15) is 5.26 Å². The van der Waals surface area contributed by atoms with Crippen molar-refractivity contribution in [1.29, 1.82) is 5.26 Å². The molecule has 3 rings (SSSR count). The van der Waals surface area contributed by atoms with Gasteiger partial charge >= 0.3 is 0 Å². The molecule has 0 atom stereocenters. The summed E-state index contributed by atoms with van der Waals surface area (Å²) in [6.07, 6.45) is 1.39. The standard InChI is InChI=1S/C26H22ClN3O6/c1-3-35-22-10-6-20(7-11-22)29-26(31)19(15-28)12-18-13-23(27)25(24(14-18)34-2)36-16-17-4-8-21(9-5-17)30(32)33/h4-14H,3,16H2,1-2H3,(H,29,31)/b19-12-. The number of non-ortho nitro benzene ring substituents is 1. The molecular formula is C26H22ClN3O6. The second kappa shape index (κ2) is 12.2. The molecule has 0 spiro atoms. The van der Waals surface area contributed by atoms with E-state index < -0.39 is 10.8 Å². The molecular weight excluding hydrogens is 486 g/mol. The van der Waals surface area contributed by atoms with Gasteiger partial charge < -0.3 is 19.5 Å². The van der Waals surface area contributed by atoms with Crippen LogP contribution in [0.3, 0.4) is 0 Å². The zero-order chi connectivity index (χ0) is 26.1. The van der Waals surface area contributed by atoms with Crippen molar-refractivity contribution in [1.82, 2.24) is 0 Å². The second-order valence-electron chi connectivity index (χ2n) is 7.33. The van der Waals surface area contributed by atoms with E-state index >= 15 is 0 Å². The Kier molecular flexibility index (Phi) is 8.86. The normalized spacial score (nSPS) is 10.8. The summed E-state index contributed by atoms with van der Waals surface area (Å²) in [7, 11) is 1.43. The molecule has 1 N–H and O–H groups in total. The maximum absolute atomic E-state index is 12.6. The van der Waals surface area contributed by atoms with Gasteiger partial charge in [-0.3, -0.25) is 14.9 Å². The highest BCUT2D eigenvalue weighted by atomic mass is 35.5. The van der Waals surface area contributed by atoms with Crippen molar-refractivity contribution >= 4 is 35.0 Å². The van der Waals surface area contributed by atoms with Gasteiger partial charge in [-0.1, -0.05) is 11.6 Å². The fourth-order valence-corrected chi connectivity index (χ4v) is 3.42. The summed E-state index contributed by atoms with van der Waals surface area (Å²) >= 11 is 6.40. The van der Waals surface area contributed by atoms with E-state index in [9.17, 15) is 20.2 Å². The van der Waals surface area contributed by atoms with Gasteiger partial charge in [0.2, 0.25) is 0 Å². The van der Waals surface area contributed by atoms with E-state index in [1.165, 1.54) is 31.4 Å². The van der Waals surface area contributed by atoms with Crippen molar-refractivity contribution in [3.05, 3.63) is 92.5 Å². The van der Waals surface area contributed by atoms with Crippen molar-refractivity contribution in [2.45, 2.75) is 13.5 Å². The molecule has 0 saturated carbocycles. The molecule has 184 valence electrons. The number of nitrogens with zero attached hydrogens (tertiary/aromatic N) is 2.